The van der Waals surface area contributed by atoms with Gasteiger partial charge < -0.3 is 23.3 Å². The summed E-state index contributed by atoms with van der Waals surface area (Å²) in [6, 6.07) is 5.11. The third-order valence-electron chi connectivity index (χ3n) is 3.56. The molecule has 0 fully saturated rings. The molecule has 0 aliphatic carbocycles. The van der Waals surface area contributed by atoms with Crippen molar-refractivity contribution in [3.05, 3.63) is 35.0 Å². The van der Waals surface area contributed by atoms with Crippen molar-refractivity contribution in [1.82, 2.24) is 9.72 Å². The van der Waals surface area contributed by atoms with Gasteiger partial charge in [-0.05, 0) is 12.1 Å². The fourth-order valence-electron chi connectivity index (χ4n) is 2.40. The average Bonchev–Trinajstić information content (AvgIpc) is 3.27. The van der Waals surface area contributed by atoms with Gasteiger partial charge in [-0.15, -0.1) is 0 Å². The lowest BCUT2D eigenvalue weighted by molar-refractivity contribution is 0.0962. The Balaban J connectivity index is 2.24. The van der Waals surface area contributed by atoms with Crippen molar-refractivity contribution in [3.8, 4) is 11.5 Å². The molecule has 1 amide bonds. The first kappa shape index (κ1) is 17.2. The van der Waals surface area contributed by atoms with Gasteiger partial charge in [-0.25, -0.2) is 0 Å². The number of ether oxygens (including phenoxy) is 3. The minimum Gasteiger partial charge on any atom is -0.495 e. The van der Waals surface area contributed by atoms with Gasteiger partial charge >= 0.3 is 5.91 Å². The number of carbonyl (C=O) groups is 1. The Morgan fingerprint density at radius 1 is 1.24 bits per heavy atom. The predicted molar refractivity (Wildman–Crippen MR) is 91.2 cm³/mol. The molecule has 0 saturated heterocycles. The SMILES string of the molecule is COCCn1c(=NC(=O)c2ccno2)sc2c(OC)ccc(OC)c21. The van der Waals surface area contributed by atoms with Gasteiger partial charge in [0, 0.05) is 19.7 Å². The number of hydrogen-bond donors (Lipinski definition) is 0. The summed E-state index contributed by atoms with van der Waals surface area (Å²) in [6.07, 6.45) is 1.40. The molecule has 0 spiro atoms. The van der Waals surface area contributed by atoms with Crippen molar-refractivity contribution in [2.24, 2.45) is 4.99 Å². The van der Waals surface area contributed by atoms with Crippen LogP contribution in [0.15, 0.2) is 33.9 Å². The van der Waals surface area contributed by atoms with Crippen LogP contribution in [0.4, 0.5) is 0 Å². The standard InChI is InChI=1S/C16H17N3O5S/c1-21-9-8-19-13-10(22-2)4-5-11(23-3)14(13)25-16(19)18-15(20)12-6-7-17-24-12/h4-7H,8-9H2,1-3H3. The van der Waals surface area contributed by atoms with Crippen LogP contribution >= 0.6 is 11.3 Å². The highest BCUT2D eigenvalue weighted by atomic mass is 32.1. The molecule has 8 nitrogen and oxygen atoms in total. The van der Waals surface area contributed by atoms with Crippen molar-refractivity contribution in [1.29, 1.82) is 0 Å². The van der Waals surface area contributed by atoms with E-state index in [4.69, 9.17) is 18.7 Å². The second-order valence-corrected chi connectivity index (χ2v) is 5.95. The highest BCUT2D eigenvalue weighted by Crippen LogP contribution is 2.35. The second kappa shape index (κ2) is 7.49. The summed E-state index contributed by atoms with van der Waals surface area (Å²) < 4.78 is 23.7. The first-order valence-electron chi connectivity index (χ1n) is 7.42. The van der Waals surface area contributed by atoms with Crippen molar-refractivity contribution in [2.45, 2.75) is 6.54 Å². The molecule has 0 aliphatic rings. The number of aromatic nitrogens is 2. The Hall–Kier alpha value is -2.65. The molecule has 3 rings (SSSR count). The topological polar surface area (TPSA) is 88.1 Å². The number of rotatable bonds is 6. The number of hydrogen-bond acceptors (Lipinski definition) is 7. The molecule has 2 heterocycles. The summed E-state index contributed by atoms with van der Waals surface area (Å²) in [5.74, 6) is 0.917. The number of thiazole rings is 1. The summed E-state index contributed by atoms with van der Waals surface area (Å²) in [7, 11) is 4.80. The summed E-state index contributed by atoms with van der Waals surface area (Å²) in [4.78, 5) is 17.0. The van der Waals surface area contributed by atoms with Gasteiger partial charge in [-0.1, -0.05) is 16.5 Å². The third kappa shape index (κ3) is 3.28. The van der Waals surface area contributed by atoms with Crippen LogP contribution in [-0.2, 0) is 11.3 Å². The Morgan fingerprint density at radius 2 is 2.00 bits per heavy atom. The van der Waals surface area contributed by atoms with E-state index in [9.17, 15) is 4.79 Å². The minimum absolute atomic E-state index is 0.0784. The molecule has 9 heteroatoms. The fourth-order valence-corrected chi connectivity index (χ4v) is 3.56. The van der Waals surface area contributed by atoms with Crippen molar-refractivity contribution in [3.63, 3.8) is 0 Å². The number of amides is 1. The van der Waals surface area contributed by atoms with E-state index < -0.39 is 5.91 Å². The number of fused-ring (bicyclic) bond motifs is 1. The molecule has 25 heavy (non-hydrogen) atoms. The van der Waals surface area contributed by atoms with Gasteiger partial charge in [-0.3, -0.25) is 4.79 Å². The quantitative estimate of drug-likeness (QED) is 0.666. The van der Waals surface area contributed by atoms with Crippen LogP contribution in [0.25, 0.3) is 10.2 Å². The van der Waals surface area contributed by atoms with Crippen LogP contribution in [0.3, 0.4) is 0 Å². The molecular formula is C16H17N3O5S. The van der Waals surface area contributed by atoms with Crippen molar-refractivity contribution in [2.75, 3.05) is 27.9 Å². The lowest BCUT2D eigenvalue weighted by atomic mass is 10.3. The molecule has 0 aliphatic heterocycles. The van der Waals surface area contributed by atoms with Crippen LogP contribution in [0.1, 0.15) is 10.6 Å². The summed E-state index contributed by atoms with van der Waals surface area (Å²) in [5.41, 5.74) is 0.799. The smallest absolute Gasteiger partial charge is 0.318 e. The van der Waals surface area contributed by atoms with E-state index in [1.807, 2.05) is 16.7 Å². The molecule has 0 N–H and O–H groups in total. The number of benzene rings is 1. The van der Waals surface area contributed by atoms with Crippen molar-refractivity contribution >= 4 is 27.5 Å². The highest BCUT2D eigenvalue weighted by molar-refractivity contribution is 7.16. The Kier molecular flexibility index (Phi) is 5.15. The van der Waals surface area contributed by atoms with Gasteiger partial charge in [0.2, 0.25) is 5.76 Å². The van der Waals surface area contributed by atoms with E-state index in [1.54, 1.807) is 21.3 Å². The van der Waals surface area contributed by atoms with Gasteiger partial charge in [-0.2, -0.15) is 4.99 Å². The average molecular weight is 363 g/mol. The normalized spacial score (nSPS) is 11.9. The maximum atomic E-state index is 12.3. The van der Waals surface area contributed by atoms with E-state index in [1.165, 1.54) is 23.6 Å². The van der Waals surface area contributed by atoms with E-state index in [2.05, 4.69) is 10.1 Å². The van der Waals surface area contributed by atoms with Crippen LogP contribution in [0.5, 0.6) is 11.5 Å². The zero-order chi connectivity index (χ0) is 17.8. The van der Waals surface area contributed by atoms with Gasteiger partial charge in [0.25, 0.3) is 0 Å². The maximum Gasteiger partial charge on any atom is 0.318 e. The Morgan fingerprint density at radius 3 is 2.64 bits per heavy atom. The van der Waals surface area contributed by atoms with Gasteiger partial charge in [0.1, 0.15) is 21.7 Å². The first-order valence-corrected chi connectivity index (χ1v) is 8.24. The molecule has 2 aromatic heterocycles. The molecule has 1 aromatic carbocycles. The number of methoxy groups -OCH3 is 3. The molecule has 3 aromatic rings. The molecule has 132 valence electrons. The maximum absolute atomic E-state index is 12.3. The van der Waals surface area contributed by atoms with E-state index in [0.29, 0.717) is 29.5 Å². The van der Waals surface area contributed by atoms with E-state index in [-0.39, 0.29) is 5.76 Å². The number of nitrogens with zero attached hydrogens (tertiary/aromatic N) is 3. The molecule has 0 atom stereocenters. The van der Waals surface area contributed by atoms with Gasteiger partial charge in [0.15, 0.2) is 4.80 Å². The number of carbonyl (C=O) groups excluding carboxylic acids is 1. The van der Waals surface area contributed by atoms with Crippen LogP contribution in [0, 0.1) is 0 Å². The highest BCUT2D eigenvalue weighted by Gasteiger charge is 2.17. The van der Waals surface area contributed by atoms with Crippen molar-refractivity contribution < 1.29 is 23.5 Å². The predicted octanol–water partition coefficient (Wildman–Crippen LogP) is 2.10. The summed E-state index contributed by atoms with van der Waals surface area (Å²) >= 11 is 1.33. The third-order valence-corrected chi connectivity index (χ3v) is 4.65. The summed E-state index contributed by atoms with van der Waals surface area (Å²) in [5, 5.41) is 3.54. The zero-order valence-electron chi connectivity index (χ0n) is 14.0. The van der Waals surface area contributed by atoms with Gasteiger partial charge in [0.05, 0.1) is 27.0 Å². The molecule has 0 radical (unpaired) electrons. The van der Waals surface area contributed by atoms with E-state index in [0.717, 1.165) is 10.2 Å². The lowest BCUT2D eigenvalue weighted by Gasteiger charge is -2.09. The lowest BCUT2D eigenvalue weighted by Crippen LogP contribution is -2.19. The largest absolute Gasteiger partial charge is 0.495 e. The Labute approximate surface area is 147 Å². The Bertz CT molecular complexity index is 943. The first-order chi connectivity index (χ1) is 12.2. The summed E-state index contributed by atoms with van der Waals surface area (Å²) in [6.45, 7) is 0.957. The fraction of sp³-hybridized carbons (Fsp3) is 0.312. The second-order valence-electron chi connectivity index (χ2n) is 4.97. The van der Waals surface area contributed by atoms with E-state index >= 15 is 0 Å². The zero-order valence-corrected chi connectivity index (χ0v) is 14.8. The minimum atomic E-state index is -0.506. The van der Waals surface area contributed by atoms with Crippen LogP contribution < -0.4 is 14.3 Å². The molecule has 0 unspecified atom stereocenters. The monoisotopic (exact) mass is 363 g/mol. The molecular weight excluding hydrogens is 346 g/mol. The van der Waals surface area contributed by atoms with Crippen LogP contribution in [-0.4, -0.2) is 43.6 Å². The molecule has 0 bridgehead atoms. The van der Waals surface area contributed by atoms with Crippen LogP contribution in [0.2, 0.25) is 0 Å². The molecule has 0 saturated carbocycles.